The van der Waals surface area contributed by atoms with Gasteiger partial charge in [-0.2, -0.15) is 5.10 Å². The molecule has 3 heterocycles. The number of carbonyl (C=O) groups is 1. The molecule has 130 valence electrons. The molecule has 1 aliphatic rings. The Kier molecular flexibility index (Phi) is 5.02. The largest absolute Gasteiger partial charge is 0.469 e. The number of nitrogens with one attached hydrogen (secondary N) is 1. The molecule has 1 atom stereocenters. The van der Waals surface area contributed by atoms with E-state index < -0.39 is 0 Å². The Bertz CT molecular complexity index is 689. The molecule has 0 aromatic carbocycles. The summed E-state index contributed by atoms with van der Waals surface area (Å²) < 4.78 is 5.51. The summed E-state index contributed by atoms with van der Waals surface area (Å²) in [5.74, 6) is 2.70. The van der Waals surface area contributed by atoms with Gasteiger partial charge in [-0.3, -0.25) is 9.89 Å². The molecule has 2 aromatic heterocycles. The normalized spacial score (nSPS) is 18.3. The lowest BCUT2D eigenvalue weighted by Crippen LogP contribution is -2.39. The summed E-state index contributed by atoms with van der Waals surface area (Å²) in [6.45, 7) is 6.97. The van der Waals surface area contributed by atoms with Crippen molar-refractivity contribution in [2.75, 3.05) is 6.54 Å². The van der Waals surface area contributed by atoms with E-state index in [0.29, 0.717) is 5.56 Å². The van der Waals surface area contributed by atoms with E-state index in [0.717, 1.165) is 56.1 Å². The van der Waals surface area contributed by atoms with Crippen LogP contribution in [0.2, 0.25) is 0 Å². The van der Waals surface area contributed by atoms with E-state index in [4.69, 9.17) is 4.42 Å². The maximum Gasteiger partial charge on any atom is 0.258 e. The van der Waals surface area contributed by atoms with Crippen molar-refractivity contribution >= 4 is 5.91 Å². The summed E-state index contributed by atoms with van der Waals surface area (Å²) in [5, 5.41) is 7.35. The second-order valence-corrected chi connectivity index (χ2v) is 6.75. The van der Waals surface area contributed by atoms with Crippen molar-refractivity contribution in [3.63, 3.8) is 0 Å². The summed E-state index contributed by atoms with van der Waals surface area (Å²) in [6.07, 6.45) is 6.39. The zero-order valence-electron chi connectivity index (χ0n) is 14.7. The number of piperidine rings is 1. The third-order valence-corrected chi connectivity index (χ3v) is 4.57. The van der Waals surface area contributed by atoms with Gasteiger partial charge in [0.2, 0.25) is 0 Å². The Morgan fingerprint density at radius 3 is 3.00 bits per heavy atom. The highest BCUT2D eigenvalue weighted by Gasteiger charge is 2.32. The highest BCUT2D eigenvalue weighted by Crippen LogP contribution is 2.31. The van der Waals surface area contributed by atoms with Gasteiger partial charge in [-0.05, 0) is 31.7 Å². The van der Waals surface area contributed by atoms with E-state index in [1.54, 1.807) is 12.3 Å². The number of hydrogen-bond acceptors (Lipinski definition) is 4. The van der Waals surface area contributed by atoms with Gasteiger partial charge < -0.3 is 9.32 Å². The summed E-state index contributed by atoms with van der Waals surface area (Å²) >= 11 is 0. The molecule has 1 aliphatic heterocycles. The Morgan fingerprint density at radius 2 is 2.29 bits per heavy atom. The second kappa shape index (κ2) is 7.20. The first-order chi connectivity index (χ1) is 11.6. The van der Waals surface area contributed by atoms with Crippen LogP contribution in [0.4, 0.5) is 0 Å². The smallest absolute Gasteiger partial charge is 0.258 e. The minimum atomic E-state index is -0.0318. The van der Waals surface area contributed by atoms with Crippen LogP contribution in [0, 0.1) is 0 Å². The van der Waals surface area contributed by atoms with E-state index in [-0.39, 0.29) is 17.9 Å². The van der Waals surface area contributed by atoms with E-state index in [1.807, 2.05) is 4.90 Å². The minimum Gasteiger partial charge on any atom is -0.469 e. The van der Waals surface area contributed by atoms with Crippen LogP contribution in [0.3, 0.4) is 0 Å². The molecule has 2 aromatic rings. The van der Waals surface area contributed by atoms with Gasteiger partial charge in [-0.1, -0.05) is 20.8 Å². The average Bonchev–Trinajstić information content (AvgIpc) is 3.24. The van der Waals surface area contributed by atoms with Crippen molar-refractivity contribution in [3.05, 3.63) is 35.3 Å². The molecule has 6 heteroatoms. The number of H-pyrrole nitrogens is 1. The summed E-state index contributed by atoms with van der Waals surface area (Å²) in [6, 6.07) is 1.76. The van der Waals surface area contributed by atoms with E-state index in [2.05, 4.69) is 36.0 Å². The van der Waals surface area contributed by atoms with Gasteiger partial charge in [0.1, 0.15) is 11.6 Å². The lowest BCUT2D eigenvalue weighted by molar-refractivity contribution is 0.0598. The number of carbonyl (C=O) groups excluding carboxylic acids is 1. The third-order valence-electron chi connectivity index (χ3n) is 4.57. The van der Waals surface area contributed by atoms with Gasteiger partial charge in [0.25, 0.3) is 5.91 Å². The maximum absolute atomic E-state index is 13.1. The molecule has 1 fully saturated rings. The van der Waals surface area contributed by atoms with Crippen molar-refractivity contribution in [1.82, 2.24) is 20.1 Å². The third kappa shape index (κ3) is 3.23. The van der Waals surface area contributed by atoms with Crippen LogP contribution in [-0.4, -0.2) is 32.5 Å². The first kappa shape index (κ1) is 16.7. The lowest BCUT2D eigenvalue weighted by atomic mass is 10.00. The molecule has 0 bridgehead atoms. The van der Waals surface area contributed by atoms with E-state index in [9.17, 15) is 4.79 Å². The van der Waals surface area contributed by atoms with Crippen molar-refractivity contribution in [2.24, 2.45) is 0 Å². The van der Waals surface area contributed by atoms with Crippen molar-refractivity contribution in [2.45, 2.75) is 64.8 Å². The summed E-state index contributed by atoms with van der Waals surface area (Å²) in [4.78, 5) is 19.6. The van der Waals surface area contributed by atoms with Crippen molar-refractivity contribution in [1.29, 1.82) is 0 Å². The summed E-state index contributed by atoms with van der Waals surface area (Å²) in [7, 11) is 0. The second-order valence-electron chi connectivity index (χ2n) is 6.75. The highest BCUT2D eigenvalue weighted by molar-refractivity contribution is 5.95. The molecule has 1 amide bonds. The van der Waals surface area contributed by atoms with Gasteiger partial charge in [-0.15, -0.1) is 0 Å². The zero-order valence-corrected chi connectivity index (χ0v) is 14.7. The molecule has 0 spiro atoms. The van der Waals surface area contributed by atoms with Gasteiger partial charge in [0.05, 0.1) is 17.9 Å². The Labute approximate surface area is 142 Å². The molecule has 1 N–H and O–H groups in total. The topological polar surface area (TPSA) is 75.0 Å². The molecule has 0 radical (unpaired) electrons. The number of rotatable bonds is 5. The number of hydrogen-bond donors (Lipinski definition) is 1. The molecule has 0 aliphatic carbocycles. The van der Waals surface area contributed by atoms with Gasteiger partial charge in [0.15, 0.2) is 5.82 Å². The lowest BCUT2D eigenvalue weighted by Gasteiger charge is -2.34. The Hall–Kier alpha value is -2.11. The van der Waals surface area contributed by atoms with Crippen LogP contribution < -0.4 is 0 Å². The summed E-state index contributed by atoms with van der Waals surface area (Å²) in [5.41, 5.74) is 0.687. The van der Waals surface area contributed by atoms with Crippen molar-refractivity contribution < 1.29 is 9.21 Å². The first-order valence-electron chi connectivity index (χ1n) is 8.91. The number of amides is 1. The fourth-order valence-electron chi connectivity index (χ4n) is 3.26. The highest BCUT2D eigenvalue weighted by atomic mass is 16.3. The Morgan fingerprint density at radius 1 is 1.46 bits per heavy atom. The fraction of sp³-hybridized carbons (Fsp3) is 0.611. The van der Waals surface area contributed by atoms with Crippen LogP contribution in [0.5, 0.6) is 0 Å². The Balaban J connectivity index is 1.85. The quantitative estimate of drug-likeness (QED) is 0.904. The molecule has 1 saturated heterocycles. The molecular weight excluding hydrogens is 304 g/mol. The van der Waals surface area contributed by atoms with Crippen LogP contribution in [0.1, 0.15) is 86.2 Å². The van der Waals surface area contributed by atoms with Crippen LogP contribution in [-0.2, 0) is 6.42 Å². The average molecular weight is 330 g/mol. The van der Waals surface area contributed by atoms with Crippen molar-refractivity contribution in [3.8, 4) is 0 Å². The number of furan rings is 1. The molecule has 1 unspecified atom stereocenters. The monoisotopic (exact) mass is 330 g/mol. The zero-order chi connectivity index (χ0) is 17.1. The van der Waals surface area contributed by atoms with Crippen LogP contribution in [0.15, 0.2) is 16.7 Å². The number of aryl methyl sites for hydroxylation is 1. The molecular formula is C18H26N4O2. The molecule has 24 heavy (non-hydrogen) atoms. The predicted octanol–water partition coefficient (Wildman–Crippen LogP) is 3.84. The van der Waals surface area contributed by atoms with E-state index >= 15 is 0 Å². The van der Waals surface area contributed by atoms with Gasteiger partial charge >= 0.3 is 0 Å². The van der Waals surface area contributed by atoms with Gasteiger partial charge in [-0.25, -0.2) is 4.98 Å². The number of aromatic nitrogens is 3. The number of nitrogens with zero attached hydrogens (tertiary/aromatic N) is 3. The number of aromatic amines is 1. The van der Waals surface area contributed by atoms with Gasteiger partial charge in [0, 0.05) is 18.9 Å². The predicted molar refractivity (Wildman–Crippen MR) is 90.8 cm³/mol. The number of likely N-dealkylation sites (tertiary alicyclic amines) is 1. The maximum atomic E-state index is 13.1. The van der Waals surface area contributed by atoms with Crippen LogP contribution >= 0.6 is 0 Å². The minimum absolute atomic E-state index is 0.0318. The first-order valence-corrected chi connectivity index (χ1v) is 8.91. The standard InChI is InChI=1S/C18H26N4O2/c1-4-7-15-13(9-11-24-15)18(23)22-10-6-5-8-14(22)17-19-16(12(2)3)20-21-17/h9,11-12,14H,4-8,10H2,1-3H3,(H,19,20,21). The van der Waals surface area contributed by atoms with Crippen LogP contribution in [0.25, 0.3) is 0 Å². The van der Waals surface area contributed by atoms with E-state index in [1.165, 1.54) is 0 Å². The molecule has 6 nitrogen and oxygen atoms in total. The molecule has 0 saturated carbocycles. The SMILES string of the molecule is CCCc1occc1C(=O)N1CCCCC1c1nc(C(C)C)n[nH]1. The molecule has 3 rings (SSSR count). The fourth-order valence-corrected chi connectivity index (χ4v) is 3.26.